The van der Waals surface area contributed by atoms with Crippen LogP contribution in [0.25, 0.3) is 0 Å². The molecule has 2 heteroatoms. The smallest absolute Gasteiger partial charge is 0.226 e. The molecule has 0 radical (unpaired) electrons. The highest BCUT2D eigenvalue weighted by Crippen LogP contribution is 2.24. The van der Waals surface area contributed by atoms with Crippen molar-refractivity contribution in [3.63, 3.8) is 0 Å². The fourth-order valence-electron chi connectivity index (χ4n) is 2.21. The molecule has 1 saturated heterocycles. The lowest BCUT2D eigenvalue weighted by Gasteiger charge is -2.19. The third-order valence-electron chi connectivity index (χ3n) is 3.09. The number of nitrogens with zero attached hydrogens (tertiary/aromatic N) is 1. The highest BCUT2D eigenvalue weighted by atomic mass is 16.2. The third-order valence-corrected chi connectivity index (χ3v) is 3.09. The molecule has 1 fully saturated rings. The van der Waals surface area contributed by atoms with Crippen LogP contribution in [0.3, 0.4) is 0 Å². The number of amides is 1. The maximum Gasteiger partial charge on any atom is 0.226 e. The van der Waals surface area contributed by atoms with Gasteiger partial charge in [-0.25, -0.2) is 0 Å². The average Bonchev–Trinajstić information content (AvgIpc) is 2.72. The third kappa shape index (κ3) is 1.77. The molecule has 1 aliphatic heterocycles. The topological polar surface area (TPSA) is 20.3 Å². The summed E-state index contributed by atoms with van der Waals surface area (Å²) in [6.45, 7) is 4.19. The van der Waals surface area contributed by atoms with E-state index in [0.717, 1.165) is 25.9 Å². The number of likely N-dealkylation sites (tertiary alicyclic amines) is 1. The fourth-order valence-corrected chi connectivity index (χ4v) is 2.21. The fraction of sp³-hybridized carbons (Fsp3) is 0.727. The zero-order valence-electron chi connectivity index (χ0n) is 8.20. The molecule has 0 aromatic heterocycles. The van der Waals surface area contributed by atoms with Crippen LogP contribution < -0.4 is 0 Å². The van der Waals surface area contributed by atoms with Crippen LogP contribution in [0.5, 0.6) is 0 Å². The summed E-state index contributed by atoms with van der Waals surface area (Å²) in [7, 11) is 0. The number of carbonyl (C=O) groups excluding carboxylic acids is 1. The van der Waals surface area contributed by atoms with Gasteiger partial charge < -0.3 is 4.90 Å². The first-order valence-corrected chi connectivity index (χ1v) is 5.21. The minimum Gasteiger partial charge on any atom is -0.342 e. The first kappa shape index (κ1) is 8.79. The summed E-state index contributed by atoms with van der Waals surface area (Å²) in [6.07, 6.45) is 7.36. The van der Waals surface area contributed by atoms with E-state index in [-0.39, 0.29) is 5.92 Å². The van der Waals surface area contributed by atoms with Crippen molar-refractivity contribution in [3.8, 4) is 0 Å². The van der Waals surface area contributed by atoms with Gasteiger partial charge in [-0.1, -0.05) is 19.1 Å². The van der Waals surface area contributed by atoms with E-state index in [1.54, 1.807) is 0 Å². The molecule has 1 aliphatic carbocycles. The SMILES string of the molecule is CC1CCN(C(=O)C2CC=CC2)C1. The zero-order valence-corrected chi connectivity index (χ0v) is 8.20. The van der Waals surface area contributed by atoms with Gasteiger partial charge in [-0.15, -0.1) is 0 Å². The van der Waals surface area contributed by atoms with E-state index in [0.29, 0.717) is 11.8 Å². The summed E-state index contributed by atoms with van der Waals surface area (Å²) in [5, 5.41) is 0. The molecule has 0 saturated carbocycles. The van der Waals surface area contributed by atoms with Gasteiger partial charge in [-0.3, -0.25) is 4.79 Å². The van der Waals surface area contributed by atoms with Gasteiger partial charge in [0.25, 0.3) is 0 Å². The standard InChI is InChI=1S/C11H17NO/c1-9-6-7-12(8-9)11(13)10-4-2-3-5-10/h2-3,9-10H,4-8H2,1H3. The van der Waals surface area contributed by atoms with Gasteiger partial charge in [0.1, 0.15) is 0 Å². The van der Waals surface area contributed by atoms with Gasteiger partial charge in [0, 0.05) is 19.0 Å². The summed E-state index contributed by atoms with van der Waals surface area (Å²) in [5.41, 5.74) is 0. The molecule has 0 bridgehead atoms. The van der Waals surface area contributed by atoms with Crippen molar-refractivity contribution in [2.24, 2.45) is 11.8 Å². The van der Waals surface area contributed by atoms with Crippen LogP contribution in [0, 0.1) is 11.8 Å². The Balaban J connectivity index is 1.90. The molecule has 0 N–H and O–H groups in total. The molecular formula is C11H17NO. The highest BCUT2D eigenvalue weighted by Gasteiger charge is 2.28. The van der Waals surface area contributed by atoms with Crippen molar-refractivity contribution >= 4 is 5.91 Å². The Morgan fingerprint density at radius 3 is 2.62 bits per heavy atom. The molecule has 13 heavy (non-hydrogen) atoms. The second-order valence-electron chi connectivity index (χ2n) is 4.32. The summed E-state index contributed by atoms with van der Waals surface area (Å²) in [4.78, 5) is 13.9. The van der Waals surface area contributed by atoms with E-state index in [4.69, 9.17) is 0 Å². The number of carbonyl (C=O) groups is 1. The predicted octanol–water partition coefficient (Wildman–Crippen LogP) is 1.82. The second-order valence-corrected chi connectivity index (χ2v) is 4.32. The van der Waals surface area contributed by atoms with E-state index in [1.807, 2.05) is 4.90 Å². The van der Waals surface area contributed by atoms with Crippen LogP contribution in [0.4, 0.5) is 0 Å². The highest BCUT2D eigenvalue weighted by molar-refractivity contribution is 5.79. The van der Waals surface area contributed by atoms with E-state index >= 15 is 0 Å². The molecule has 0 aromatic carbocycles. The van der Waals surface area contributed by atoms with Crippen molar-refractivity contribution in [2.45, 2.75) is 26.2 Å². The Hall–Kier alpha value is -0.790. The Kier molecular flexibility index (Phi) is 2.38. The van der Waals surface area contributed by atoms with Crippen molar-refractivity contribution in [1.29, 1.82) is 0 Å². The minimum absolute atomic E-state index is 0.269. The second kappa shape index (κ2) is 3.52. The largest absolute Gasteiger partial charge is 0.342 e. The van der Waals surface area contributed by atoms with Gasteiger partial charge >= 0.3 is 0 Å². The quantitative estimate of drug-likeness (QED) is 0.562. The summed E-state index contributed by atoms with van der Waals surface area (Å²) in [5.74, 6) is 1.36. The van der Waals surface area contributed by atoms with Gasteiger partial charge in [-0.2, -0.15) is 0 Å². The molecule has 0 spiro atoms. The van der Waals surface area contributed by atoms with Crippen LogP contribution in [-0.4, -0.2) is 23.9 Å². The Labute approximate surface area is 79.6 Å². The maximum absolute atomic E-state index is 11.9. The summed E-state index contributed by atoms with van der Waals surface area (Å²) >= 11 is 0. The number of allylic oxidation sites excluding steroid dienone is 2. The van der Waals surface area contributed by atoms with E-state index < -0.39 is 0 Å². The molecule has 0 aromatic rings. The molecule has 1 amide bonds. The first-order valence-electron chi connectivity index (χ1n) is 5.21. The van der Waals surface area contributed by atoms with Crippen LogP contribution >= 0.6 is 0 Å². The summed E-state index contributed by atoms with van der Waals surface area (Å²) in [6, 6.07) is 0. The monoisotopic (exact) mass is 179 g/mol. The maximum atomic E-state index is 11.9. The van der Waals surface area contributed by atoms with Crippen molar-refractivity contribution in [2.75, 3.05) is 13.1 Å². The van der Waals surface area contributed by atoms with Gasteiger partial charge in [-0.05, 0) is 25.2 Å². The lowest BCUT2D eigenvalue weighted by atomic mass is 10.1. The number of hydrogen-bond acceptors (Lipinski definition) is 1. The summed E-state index contributed by atoms with van der Waals surface area (Å²) < 4.78 is 0. The van der Waals surface area contributed by atoms with E-state index in [1.165, 1.54) is 6.42 Å². The lowest BCUT2D eigenvalue weighted by molar-refractivity contribution is -0.134. The van der Waals surface area contributed by atoms with Crippen LogP contribution in [0.2, 0.25) is 0 Å². The minimum atomic E-state index is 0.269. The average molecular weight is 179 g/mol. The lowest BCUT2D eigenvalue weighted by Crippen LogP contribution is -2.33. The molecule has 1 unspecified atom stereocenters. The molecule has 1 atom stereocenters. The van der Waals surface area contributed by atoms with E-state index in [9.17, 15) is 4.79 Å². The predicted molar refractivity (Wildman–Crippen MR) is 52.2 cm³/mol. The van der Waals surface area contributed by atoms with Crippen molar-refractivity contribution in [3.05, 3.63) is 12.2 Å². The molecule has 2 aliphatic rings. The van der Waals surface area contributed by atoms with Gasteiger partial charge in [0.15, 0.2) is 0 Å². The Morgan fingerprint density at radius 1 is 1.38 bits per heavy atom. The van der Waals surface area contributed by atoms with Crippen molar-refractivity contribution in [1.82, 2.24) is 4.90 Å². The van der Waals surface area contributed by atoms with Gasteiger partial charge in [0.2, 0.25) is 5.91 Å². The molecule has 2 rings (SSSR count). The normalized spacial score (nSPS) is 28.7. The molecule has 2 nitrogen and oxygen atoms in total. The van der Waals surface area contributed by atoms with Crippen LogP contribution in [0.1, 0.15) is 26.2 Å². The molecule has 1 heterocycles. The van der Waals surface area contributed by atoms with Crippen LogP contribution in [-0.2, 0) is 4.79 Å². The first-order chi connectivity index (χ1) is 6.27. The number of hydrogen-bond donors (Lipinski definition) is 0. The zero-order chi connectivity index (χ0) is 9.26. The Morgan fingerprint density at radius 2 is 2.08 bits per heavy atom. The van der Waals surface area contributed by atoms with E-state index in [2.05, 4.69) is 19.1 Å². The molecular weight excluding hydrogens is 162 g/mol. The van der Waals surface area contributed by atoms with Gasteiger partial charge in [0.05, 0.1) is 0 Å². The van der Waals surface area contributed by atoms with Crippen molar-refractivity contribution < 1.29 is 4.79 Å². The van der Waals surface area contributed by atoms with Crippen LogP contribution in [0.15, 0.2) is 12.2 Å². The molecule has 72 valence electrons. The number of rotatable bonds is 1. The Bertz CT molecular complexity index is 226.